The minimum atomic E-state index is -1.09. The first-order valence-electron chi connectivity index (χ1n) is 7.24. The second kappa shape index (κ2) is 7.21. The van der Waals surface area contributed by atoms with Gasteiger partial charge in [0.15, 0.2) is 0 Å². The van der Waals surface area contributed by atoms with Gasteiger partial charge >= 0.3 is 0 Å². The first-order chi connectivity index (χ1) is 10.9. The van der Waals surface area contributed by atoms with Gasteiger partial charge in [0.25, 0.3) is 5.69 Å². The Morgan fingerprint density at radius 1 is 1.22 bits per heavy atom. The van der Waals surface area contributed by atoms with Crippen LogP contribution in [0.4, 0.5) is 5.69 Å². The first kappa shape index (κ1) is 16.9. The summed E-state index contributed by atoms with van der Waals surface area (Å²) in [7, 11) is 1.58. The molecule has 1 unspecified atom stereocenters. The molecule has 2 aromatic carbocycles. The highest BCUT2D eigenvalue weighted by Crippen LogP contribution is 2.23. The van der Waals surface area contributed by atoms with Crippen molar-refractivity contribution < 1.29 is 14.8 Å². The van der Waals surface area contributed by atoms with Gasteiger partial charge in [0, 0.05) is 24.7 Å². The third-order valence-electron chi connectivity index (χ3n) is 3.68. The molecule has 122 valence electrons. The number of nitrogens with one attached hydrogen (secondary N) is 1. The molecule has 0 saturated carbocycles. The number of aliphatic hydroxyl groups is 1. The minimum absolute atomic E-state index is 0.0732. The van der Waals surface area contributed by atoms with Crippen LogP contribution in [0.1, 0.15) is 18.1 Å². The molecule has 0 saturated heterocycles. The molecular weight excluding hydrogens is 296 g/mol. The van der Waals surface area contributed by atoms with Crippen molar-refractivity contribution in [2.24, 2.45) is 0 Å². The van der Waals surface area contributed by atoms with Gasteiger partial charge in [-0.05, 0) is 24.6 Å². The van der Waals surface area contributed by atoms with Crippen LogP contribution in [0.2, 0.25) is 0 Å². The fourth-order valence-electron chi connectivity index (χ4n) is 2.33. The molecule has 0 spiro atoms. The molecule has 0 aliphatic rings. The fourth-order valence-corrected chi connectivity index (χ4v) is 2.33. The molecule has 2 N–H and O–H groups in total. The summed E-state index contributed by atoms with van der Waals surface area (Å²) in [5.74, 6) is 0.720. The molecule has 2 rings (SSSR count). The van der Waals surface area contributed by atoms with Crippen LogP contribution in [0.15, 0.2) is 48.5 Å². The smallest absolute Gasteiger partial charge is 0.273 e. The molecule has 23 heavy (non-hydrogen) atoms. The van der Waals surface area contributed by atoms with Crippen molar-refractivity contribution in [2.75, 3.05) is 13.7 Å². The molecule has 2 aromatic rings. The highest BCUT2D eigenvalue weighted by atomic mass is 16.6. The second-order valence-electron chi connectivity index (χ2n) is 5.49. The van der Waals surface area contributed by atoms with Crippen LogP contribution < -0.4 is 10.1 Å². The number of ether oxygens (including phenoxy) is 1. The number of rotatable bonds is 7. The van der Waals surface area contributed by atoms with Crippen molar-refractivity contribution in [3.05, 3.63) is 69.8 Å². The van der Waals surface area contributed by atoms with E-state index in [1.165, 1.54) is 6.07 Å². The number of para-hydroxylation sites is 1. The monoisotopic (exact) mass is 316 g/mol. The summed E-state index contributed by atoms with van der Waals surface area (Å²) in [5, 5.41) is 24.6. The van der Waals surface area contributed by atoms with Crippen molar-refractivity contribution >= 4 is 5.69 Å². The summed E-state index contributed by atoms with van der Waals surface area (Å²) >= 11 is 0. The second-order valence-corrected chi connectivity index (χ2v) is 5.49. The minimum Gasteiger partial charge on any atom is -0.497 e. The standard InChI is InChI=1S/C17H20N2O4/c1-17(20,14-7-9-15(23-2)10-8-14)12-18-11-13-5-3-4-6-16(13)19(21)22/h3-10,18,20H,11-12H2,1-2H3. The summed E-state index contributed by atoms with van der Waals surface area (Å²) in [6.45, 7) is 2.27. The Morgan fingerprint density at radius 2 is 1.87 bits per heavy atom. The number of benzene rings is 2. The SMILES string of the molecule is COc1ccc(C(C)(O)CNCc2ccccc2[N+](=O)[O-])cc1. The van der Waals surface area contributed by atoms with Crippen LogP contribution in [0.3, 0.4) is 0 Å². The molecule has 0 aromatic heterocycles. The summed E-state index contributed by atoms with van der Waals surface area (Å²) in [6.07, 6.45) is 0. The Hall–Kier alpha value is -2.44. The highest BCUT2D eigenvalue weighted by molar-refractivity contribution is 5.39. The predicted octanol–water partition coefficient (Wildman–Crippen LogP) is 2.60. The van der Waals surface area contributed by atoms with E-state index in [2.05, 4.69) is 5.32 Å². The summed E-state index contributed by atoms with van der Waals surface area (Å²) in [6, 6.07) is 13.7. The van der Waals surface area contributed by atoms with E-state index < -0.39 is 10.5 Å². The highest BCUT2D eigenvalue weighted by Gasteiger charge is 2.23. The lowest BCUT2D eigenvalue weighted by Gasteiger charge is -2.24. The van der Waals surface area contributed by atoms with Gasteiger partial charge in [-0.3, -0.25) is 10.1 Å². The zero-order chi connectivity index (χ0) is 16.9. The maximum Gasteiger partial charge on any atom is 0.273 e. The number of nitro benzene ring substituents is 1. The van der Waals surface area contributed by atoms with Crippen LogP contribution in [0, 0.1) is 10.1 Å². The zero-order valence-electron chi connectivity index (χ0n) is 13.2. The van der Waals surface area contributed by atoms with Gasteiger partial charge in [-0.1, -0.05) is 30.3 Å². The molecular formula is C17H20N2O4. The van der Waals surface area contributed by atoms with E-state index in [-0.39, 0.29) is 12.2 Å². The molecule has 6 nitrogen and oxygen atoms in total. The van der Waals surface area contributed by atoms with Crippen LogP contribution in [-0.2, 0) is 12.1 Å². The lowest BCUT2D eigenvalue weighted by Crippen LogP contribution is -2.35. The molecule has 0 bridgehead atoms. The van der Waals surface area contributed by atoms with E-state index in [0.29, 0.717) is 12.1 Å². The Labute approximate surface area is 134 Å². The Morgan fingerprint density at radius 3 is 2.48 bits per heavy atom. The maximum absolute atomic E-state index is 11.0. The quantitative estimate of drug-likeness (QED) is 0.606. The molecule has 0 aliphatic carbocycles. The number of hydrogen-bond donors (Lipinski definition) is 2. The molecule has 0 aliphatic heterocycles. The Balaban J connectivity index is 2.00. The van der Waals surface area contributed by atoms with E-state index in [4.69, 9.17) is 4.74 Å². The summed E-state index contributed by atoms with van der Waals surface area (Å²) < 4.78 is 5.10. The van der Waals surface area contributed by atoms with Crippen LogP contribution >= 0.6 is 0 Å². The third kappa shape index (κ3) is 4.28. The average Bonchev–Trinajstić information content (AvgIpc) is 2.55. The van der Waals surface area contributed by atoms with Gasteiger partial charge in [0.2, 0.25) is 0 Å². The van der Waals surface area contributed by atoms with Crippen LogP contribution in [0.25, 0.3) is 0 Å². The number of hydrogen-bond acceptors (Lipinski definition) is 5. The van der Waals surface area contributed by atoms with E-state index >= 15 is 0 Å². The van der Waals surface area contributed by atoms with Crippen LogP contribution in [-0.4, -0.2) is 23.7 Å². The molecule has 6 heteroatoms. The van der Waals surface area contributed by atoms with Gasteiger partial charge < -0.3 is 15.2 Å². The van der Waals surface area contributed by atoms with Gasteiger partial charge in [-0.25, -0.2) is 0 Å². The average molecular weight is 316 g/mol. The lowest BCUT2D eigenvalue weighted by atomic mass is 9.96. The Bertz CT molecular complexity index is 669. The van der Waals surface area contributed by atoms with Crippen molar-refractivity contribution in [3.63, 3.8) is 0 Å². The van der Waals surface area contributed by atoms with Crippen molar-refractivity contribution in [3.8, 4) is 5.75 Å². The number of nitrogens with zero attached hydrogens (tertiary/aromatic N) is 1. The van der Waals surface area contributed by atoms with Crippen molar-refractivity contribution in [1.29, 1.82) is 0 Å². The third-order valence-corrected chi connectivity index (χ3v) is 3.68. The fraction of sp³-hybridized carbons (Fsp3) is 0.294. The van der Waals surface area contributed by atoms with E-state index in [0.717, 1.165) is 11.3 Å². The summed E-state index contributed by atoms with van der Waals surface area (Å²) in [5.41, 5.74) is 0.316. The molecule has 0 heterocycles. The van der Waals surface area contributed by atoms with Gasteiger partial charge in [0.05, 0.1) is 17.6 Å². The topological polar surface area (TPSA) is 84.6 Å². The zero-order valence-corrected chi connectivity index (χ0v) is 13.2. The summed E-state index contributed by atoms with van der Waals surface area (Å²) in [4.78, 5) is 10.6. The lowest BCUT2D eigenvalue weighted by molar-refractivity contribution is -0.385. The van der Waals surface area contributed by atoms with Crippen molar-refractivity contribution in [1.82, 2.24) is 5.32 Å². The maximum atomic E-state index is 11.0. The number of nitro groups is 1. The van der Waals surface area contributed by atoms with Gasteiger partial charge in [0.1, 0.15) is 5.75 Å². The van der Waals surface area contributed by atoms with Crippen LogP contribution in [0.5, 0.6) is 5.75 Å². The van der Waals surface area contributed by atoms with E-state index in [1.807, 2.05) is 0 Å². The van der Waals surface area contributed by atoms with Crippen molar-refractivity contribution in [2.45, 2.75) is 19.1 Å². The number of methoxy groups -OCH3 is 1. The van der Waals surface area contributed by atoms with E-state index in [1.54, 1.807) is 56.5 Å². The molecule has 0 radical (unpaired) electrons. The molecule has 0 fully saturated rings. The Kier molecular flexibility index (Phi) is 5.31. The normalized spacial score (nSPS) is 13.3. The van der Waals surface area contributed by atoms with Gasteiger partial charge in [-0.2, -0.15) is 0 Å². The van der Waals surface area contributed by atoms with E-state index in [9.17, 15) is 15.2 Å². The molecule has 0 amide bonds. The largest absolute Gasteiger partial charge is 0.497 e. The predicted molar refractivity (Wildman–Crippen MR) is 87.4 cm³/mol. The molecule has 1 atom stereocenters. The van der Waals surface area contributed by atoms with Gasteiger partial charge in [-0.15, -0.1) is 0 Å². The first-order valence-corrected chi connectivity index (χ1v) is 7.24.